The Morgan fingerprint density at radius 2 is 1.44 bits per heavy atom. The lowest BCUT2D eigenvalue weighted by Crippen LogP contribution is -2.50. The van der Waals surface area contributed by atoms with Crippen LogP contribution in [0.25, 0.3) is 0 Å². The van der Waals surface area contributed by atoms with Crippen LogP contribution in [0.4, 0.5) is 4.39 Å². The highest BCUT2D eigenvalue weighted by molar-refractivity contribution is 7.89. The predicted molar refractivity (Wildman–Crippen MR) is 114 cm³/mol. The van der Waals surface area contributed by atoms with Gasteiger partial charge in [-0.25, -0.2) is 17.5 Å². The monoisotopic (exact) mass is 465 g/mol. The van der Waals surface area contributed by atoms with Crippen LogP contribution in [0.3, 0.4) is 0 Å². The van der Waals surface area contributed by atoms with Crippen molar-refractivity contribution in [1.82, 2.24) is 14.5 Å². The van der Waals surface area contributed by atoms with Gasteiger partial charge >= 0.3 is 0 Å². The largest absolute Gasteiger partial charge is 0.497 e. The van der Waals surface area contributed by atoms with Crippen LogP contribution in [-0.2, 0) is 10.0 Å². The number of hydrogen-bond acceptors (Lipinski definition) is 6. The molecule has 32 heavy (non-hydrogen) atoms. The van der Waals surface area contributed by atoms with E-state index in [0.29, 0.717) is 17.1 Å². The summed E-state index contributed by atoms with van der Waals surface area (Å²) in [6.07, 6.45) is 0. The minimum atomic E-state index is -3.82. The number of benzene rings is 2. The summed E-state index contributed by atoms with van der Waals surface area (Å²) in [4.78, 5) is 28.5. The van der Waals surface area contributed by atoms with Gasteiger partial charge in [0.15, 0.2) is 0 Å². The average Bonchev–Trinajstić information content (AvgIpc) is 2.82. The molecule has 0 atom stereocenters. The van der Waals surface area contributed by atoms with Crippen LogP contribution in [0.1, 0.15) is 20.7 Å². The van der Waals surface area contributed by atoms with Gasteiger partial charge in [-0.05, 0) is 37.4 Å². The molecule has 0 aromatic heterocycles. The van der Waals surface area contributed by atoms with Crippen molar-refractivity contribution in [2.45, 2.75) is 4.90 Å². The van der Waals surface area contributed by atoms with Crippen molar-refractivity contribution in [3.05, 3.63) is 53.3 Å². The molecule has 0 radical (unpaired) electrons. The number of amides is 2. The van der Waals surface area contributed by atoms with Gasteiger partial charge in [-0.3, -0.25) is 9.59 Å². The van der Waals surface area contributed by atoms with Gasteiger partial charge in [-0.2, -0.15) is 0 Å². The van der Waals surface area contributed by atoms with E-state index >= 15 is 0 Å². The molecule has 2 amide bonds. The van der Waals surface area contributed by atoms with E-state index in [1.165, 1.54) is 26.2 Å². The van der Waals surface area contributed by atoms with Crippen molar-refractivity contribution in [2.24, 2.45) is 0 Å². The summed E-state index contributed by atoms with van der Waals surface area (Å²) >= 11 is 0. The molecular formula is C21H24FN3O6S. The van der Waals surface area contributed by atoms with Crippen molar-refractivity contribution in [3.8, 4) is 11.5 Å². The number of nitrogens with one attached hydrogen (secondary N) is 1. The Kier molecular flexibility index (Phi) is 6.99. The SMILES string of the molecule is CNS(=O)(=O)c1ccc(F)c(C(=O)N2CCN(C(=O)c3cc(OC)cc(OC)c3)CC2)c1. The molecule has 1 N–H and O–H groups in total. The lowest BCUT2D eigenvalue weighted by atomic mass is 10.1. The number of piperazine rings is 1. The second kappa shape index (κ2) is 9.53. The summed E-state index contributed by atoms with van der Waals surface area (Å²) in [5.74, 6) is -0.734. The second-order valence-corrected chi connectivity index (χ2v) is 8.92. The number of hydrogen-bond donors (Lipinski definition) is 1. The summed E-state index contributed by atoms with van der Waals surface area (Å²) in [7, 11) is 0.385. The molecule has 2 aromatic rings. The van der Waals surface area contributed by atoms with E-state index in [1.807, 2.05) is 0 Å². The Labute approximate surface area is 185 Å². The van der Waals surface area contributed by atoms with E-state index in [2.05, 4.69) is 4.72 Å². The van der Waals surface area contributed by atoms with Crippen LogP contribution in [0.15, 0.2) is 41.3 Å². The van der Waals surface area contributed by atoms with E-state index < -0.39 is 21.7 Å². The smallest absolute Gasteiger partial charge is 0.256 e. The van der Waals surface area contributed by atoms with Gasteiger partial charge in [0.1, 0.15) is 17.3 Å². The zero-order valence-electron chi connectivity index (χ0n) is 17.9. The van der Waals surface area contributed by atoms with E-state index in [4.69, 9.17) is 9.47 Å². The first-order valence-corrected chi connectivity index (χ1v) is 11.2. The lowest BCUT2D eigenvalue weighted by Gasteiger charge is -2.35. The lowest BCUT2D eigenvalue weighted by molar-refractivity contribution is 0.0532. The van der Waals surface area contributed by atoms with Gasteiger partial charge in [0.2, 0.25) is 10.0 Å². The maximum Gasteiger partial charge on any atom is 0.256 e. The van der Waals surface area contributed by atoms with Crippen molar-refractivity contribution in [1.29, 1.82) is 0 Å². The highest BCUT2D eigenvalue weighted by Gasteiger charge is 2.28. The number of methoxy groups -OCH3 is 2. The fourth-order valence-corrected chi connectivity index (χ4v) is 4.11. The van der Waals surface area contributed by atoms with Gasteiger partial charge in [-0.15, -0.1) is 0 Å². The van der Waals surface area contributed by atoms with Crippen LogP contribution in [0.5, 0.6) is 11.5 Å². The standard InChI is InChI=1S/C21H24FN3O6S/c1-23-32(28,29)17-4-5-19(22)18(13-17)21(27)25-8-6-24(7-9-25)20(26)14-10-15(30-2)12-16(11-14)31-3/h4-5,10-13,23H,6-9H2,1-3H3. The quantitative estimate of drug-likeness (QED) is 0.691. The fourth-order valence-electron chi connectivity index (χ4n) is 3.35. The van der Waals surface area contributed by atoms with Gasteiger partial charge in [0.05, 0.1) is 24.7 Å². The molecule has 0 bridgehead atoms. The first-order valence-electron chi connectivity index (χ1n) is 9.75. The Balaban J connectivity index is 1.73. The van der Waals surface area contributed by atoms with E-state index in [9.17, 15) is 22.4 Å². The summed E-state index contributed by atoms with van der Waals surface area (Å²) < 4.78 is 50.8. The second-order valence-electron chi connectivity index (χ2n) is 7.03. The molecule has 0 aliphatic carbocycles. The van der Waals surface area contributed by atoms with Gasteiger partial charge in [0.25, 0.3) is 11.8 Å². The zero-order chi connectivity index (χ0) is 23.5. The molecule has 1 saturated heterocycles. The summed E-state index contributed by atoms with van der Waals surface area (Å²) in [5, 5.41) is 0. The maximum atomic E-state index is 14.3. The molecular weight excluding hydrogens is 441 g/mol. The van der Waals surface area contributed by atoms with Gasteiger partial charge in [-0.1, -0.05) is 0 Å². The minimum Gasteiger partial charge on any atom is -0.497 e. The summed E-state index contributed by atoms with van der Waals surface area (Å²) in [5.41, 5.74) is 0.0515. The molecule has 0 unspecified atom stereocenters. The minimum absolute atomic E-state index is 0.175. The van der Waals surface area contributed by atoms with Crippen molar-refractivity contribution < 1.29 is 31.9 Å². The predicted octanol–water partition coefficient (Wildman–Crippen LogP) is 1.35. The van der Waals surface area contributed by atoms with Crippen LogP contribution in [-0.4, -0.2) is 77.5 Å². The Bertz CT molecular complexity index is 1110. The normalized spacial score (nSPS) is 14.2. The summed E-state index contributed by atoms with van der Waals surface area (Å²) in [6.45, 7) is 0.822. The van der Waals surface area contributed by atoms with Crippen molar-refractivity contribution in [2.75, 3.05) is 47.4 Å². The van der Waals surface area contributed by atoms with Crippen LogP contribution >= 0.6 is 0 Å². The van der Waals surface area contributed by atoms with E-state index in [1.54, 1.807) is 23.1 Å². The molecule has 2 aromatic carbocycles. The number of rotatable bonds is 6. The third-order valence-electron chi connectivity index (χ3n) is 5.20. The highest BCUT2D eigenvalue weighted by Crippen LogP contribution is 2.24. The number of carbonyl (C=O) groups is 2. The number of halogens is 1. The van der Waals surface area contributed by atoms with Crippen LogP contribution < -0.4 is 14.2 Å². The molecule has 1 fully saturated rings. The highest BCUT2D eigenvalue weighted by atomic mass is 32.2. The molecule has 172 valence electrons. The number of sulfonamides is 1. The van der Waals surface area contributed by atoms with E-state index in [-0.39, 0.29) is 42.5 Å². The average molecular weight is 466 g/mol. The van der Waals surface area contributed by atoms with Gasteiger partial charge in [0, 0.05) is 37.8 Å². The first kappa shape index (κ1) is 23.5. The molecule has 3 rings (SSSR count). The van der Waals surface area contributed by atoms with Gasteiger partial charge < -0.3 is 19.3 Å². The molecule has 0 spiro atoms. The topological polar surface area (TPSA) is 105 Å². The fraction of sp³-hybridized carbons (Fsp3) is 0.333. The molecule has 1 heterocycles. The molecule has 9 nitrogen and oxygen atoms in total. The first-order chi connectivity index (χ1) is 15.2. The molecule has 1 aliphatic heterocycles. The van der Waals surface area contributed by atoms with Crippen molar-refractivity contribution in [3.63, 3.8) is 0 Å². The van der Waals surface area contributed by atoms with Crippen LogP contribution in [0.2, 0.25) is 0 Å². The molecule has 1 aliphatic rings. The molecule has 11 heteroatoms. The maximum absolute atomic E-state index is 14.3. The number of ether oxygens (including phenoxy) is 2. The third-order valence-corrected chi connectivity index (χ3v) is 6.61. The summed E-state index contributed by atoms with van der Waals surface area (Å²) in [6, 6.07) is 7.93. The Hall–Kier alpha value is -3.18. The van der Waals surface area contributed by atoms with Crippen LogP contribution in [0, 0.1) is 5.82 Å². The third kappa shape index (κ3) is 4.83. The Morgan fingerprint density at radius 1 is 0.906 bits per heavy atom. The van der Waals surface area contributed by atoms with E-state index in [0.717, 1.165) is 18.2 Å². The Morgan fingerprint density at radius 3 is 1.94 bits per heavy atom. The molecule has 0 saturated carbocycles. The zero-order valence-corrected chi connectivity index (χ0v) is 18.7. The van der Waals surface area contributed by atoms with Crippen molar-refractivity contribution >= 4 is 21.8 Å². The number of carbonyl (C=O) groups excluding carboxylic acids is 2. The number of nitrogens with zero attached hydrogens (tertiary/aromatic N) is 2.